The summed E-state index contributed by atoms with van der Waals surface area (Å²) >= 11 is 10.3. The van der Waals surface area contributed by atoms with Crippen molar-refractivity contribution < 1.29 is 19.1 Å². The van der Waals surface area contributed by atoms with E-state index in [-0.39, 0.29) is 17.0 Å². The van der Waals surface area contributed by atoms with Crippen LogP contribution in [-0.4, -0.2) is 30.2 Å². The SMILES string of the molecule is CCOC(=O)c1c(NC(=S)NC(=O)c2cc(Br)ccc2OCC(C)C)sc2c1CCCC2. The molecular formula is C23H27BrN2O4S2. The molecule has 1 aromatic heterocycles. The first-order valence-corrected chi connectivity index (χ1v) is 12.7. The molecular weight excluding hydrogens is 512 g/mol. The van der Waals surface area contributed by atoms with Gasteiger partial charge < -0.3 is 14.8 Å². The zero-order valence-corrected chi connectivity index (χ0v) is 21.6. The molecule has 1 aliphatic rings. The van der Waals surface area contributed by atoms with Crippen molar-refractivity contribution in [3.05, 3.63) is 44.2 Å². The Labute approximate surface area is 206 Å². The van der Waals surface area contributed by atoms with E-state index < -0.39 is 0 Å². The smallest absolute Gasteiger partial charge is 0.341 e. The number of halogens is 1. The lowest BCUT2D eigenvalue weighted by atomic mass is 9.95. The van der Waals surface area contributed by atoms with E-state index in [1.165, 1.54) is 16.2 Å². The first-order chi connectivity index (χ1) is 15.3. The molecule has 0 saturated carbocycles. The average molecular weight is 540 g/mol. The van der Waals surface area contributed by atoms with Gasteiger partial charge in [-0.25, -0.2) is 4.79 Å². The Hall–Kier alpha value is -1.97. The number of hydrogen-bond donors (Lipinski definition) is 2. The maximum absolute atomic E-state index is 13.0. The number of nitrogens with one attached hydrogen (secondary N) is 2. The average Bonchev–Trinajstić information content (AvgIpc) is 3.10. The third kappa shape index (κ3) is 6.08. The van der Waals surface area contributed by atoms with Crippen molar-refractivity contribution >= 4 is 61.5 Å². The molecule has 0 bridgehead atoms. The number of ether oxygens (including phenoxy) is 2. The number of carbonyl (C=O) groups is 2. The first kappa shape index (κ1) is 24.7. The second kappa shape index (κ2) is 11.2. The highest BCUT2D eigenvalue weighted by Crippen LogP contribution is 2.38. The molecule has 1 aromatic carbocycles. The summed E-state index contributed by atoms with van der Waals surface area (Å²) in [5, 5.41) is 6.51. The number of carbonyl (C=O) groups excluding carboxylic acids is 2. The summed E-state index contributed by atoms with van der Waals surface area (Å²) in [6, 6.07) is 5.27. The molecule has 0 unspecified atom stereocenters. The highest BCUT2D eigenvalue weighted by molar-refractivity contribution is 9.10. The fraction of sp³-hybridized carbons (Fsp3) is 0.435. The number of fused-ring (bicyclic) bond motifs is 1. The fourth-order valence-corrected chi connectivity index (χ4v) is 5.34. The Morgan fingerprint density at radius 3 is 2.72 bits per heavy atom. The van der Waals surface area contributed by atoms with Gasteiger partial charge in [0.25, 0.3) is 5.91 Å². The molecule has 0 spiro atoms. The van der Waals surface area contributed by atoms with Crippen LogP contribution in [0.25, 0.3) is 0 Å². The van der Waals surface area contributed by atoms with Crippen LogP contribution in [0.5, 0.6) is 5.75 Å². The first-order valence-electron chi connectivity index (χ1n) is 10.7. The van der Waals surface area contributed by atoms with Crippen LogP contribution in [0, 0.1) is 5.92 Å². The van der Waals surface area contributed by atoms with Gasteiger partial charge in [-0.1, -0.05) is 29.8 Å². The summed E-state index contributed by atoms with van der Waals surface area (Å²) in [4.78, 5) is 26.7. The van der Waals surface area contributed by atoms with Crippen molar-refractivity contribution in [1.29, 1.82) is 0 Å². The van der Waals surface area contributed by atoms with E-state index in [0.29, 0.717) is 41.0 Å². The lowest BCUT2D eigenvalue weighted by Gasteiger charge is -2.15. The van der Waals surface area contributed by atoms with Gasteiger partial charge in [0.2, 0.25) is 0 Å². The van der Waals surface area contributed by atoms with Crippen molar-refractivity contribution in [2.24, 2.45) is 5.92 Å². The van der Waals surface area contributed by atoms with Gasteiger partial charge >= 0.3 is 5.97 Å². The van der Waals surface area contributed by atoms with Gasteiger partial charge in [-0.3, -0.25) is 10.1 Å². The van der Waals surface area contributed by atoms with Crippen LogP contribution in [0.4, 0.5) is 5.00 Å². The number of hydrogen-bond acceptors (Lipinski definition) is 6. The number of amides is 1. The van der Waals surface area contributed by atoms with E-state index in [4.69, 9.17) is 21.7 Å². The summed E-state index contributed by atoms with van der Waals surface area (Å²) in [6.45, 7) is 6.66. The van der Waals surface area contributed by atoms with Crippen LogP contribution < -0.4 is 15.4 Å². The maximum atomic E-state index is 13.0. The molecule has 0 aliphatic heterocycles. The molecule has 6 nitrogen and oxygen atoms in total. The predicted octanol–water partition coefficient (Wildman–Crippen LogP) is 5.73. The number of thiophene rings is 1. The summed E-state index contributed by atoms with van der Waals surface area (Å²) in [6.07, 6.45) is 3.91. The third-order valence-corrected chi connectivity index (χ3v) is 6.77. The normalized spacial score (nSPS) is 12.8. The van der Waals surface area contributed by atoms with E-state index in [2.05, 4.69) is 26.6 Å². The quantitative estimate of drug-likeness (QED) is 0.346. The molecule has 3 rings (SSSR count). The van der Waals surface area contributed by atoms with Gasteiger partial charge in [0.15, 0.2) is 5.11 Å². The molecule has 1 amide bonds. The number of anilines is 1. The molecule has 2 N–H and O–H groups in total. The number of rotatable bonds is 7. The molecule has 172 valence electrons. The Balaban J connectivity index is 1.78. The minimum absolute atomic E-state index is 0.119. The minimum atomic E-state index is -0.387. The minimum Gasteiger partial charge on any atom is -0.492 e. The second-order valence-corrected chi connectivity index (χ2v) is 10.3. The summed E-state index contributed by atoms with van der Waals surface area (Å²) in [7, 11) is 0. The Morgan fingerprint density at radius 2 is 2.00 bits per heavy atom. The Bertz CT molecular complexity index is 1020. The monoisotopic (exact) mass is 538 g/mol. The van der Waals surface area contributed by atoms with Crippen LogP contribution in [0.1, 0.15) is 64.8 Å². The van der Waals surface area contributed by atoms with Gasteiger partial charge in [0, 0.05) is 9.35 Å². The van der Waals surface area contributed by atoms with Gasteiger partial charge in [0.1, 0.15) is 10.8 Å². The molecule has 32 heavy (non-hydrogen) atoms. The maximum Gasteiger partial charge on any atom is 0.341 e. The van der Waals surface area contributed by atoms with Crippen LogP contribution in [-0.2, 0) is 17.6 Å². The number of aryl methyl sites for hydroxylation is 1. The molecule has 9 heteroatoms. The molecule has 0 fully saturated rings. The second-order valence-electron chi connectivity index (χ2n) is 7.89. The van der Waals surface area contributed by atoms with E-state index in [9.17, 15) is 9.59 Å². The van der Waals surface area contributed by atoms with Crippen molar-refractivity contribution in [2.45, 2.75) is 46.5 Å². The van der Waals surface area contributed by atoms with E-state index in [1.807, 2.05) is 19.9 Å². The summed E-state index contributed by atoms with van der Waals surface area (Å²) < 4.78 is 11.8. The van der Waals surface area contributed by atoms with Gasteiger partial charge in [-0.05, 0) is 74.5 Å². The number of benzene rings is 1. The highest BCUT2D eigenvalue weighted by atomic mass is 79.9. The molecule has 0 radical (unpaired) electrons. The summed E-state index contributed by atoms with van der Waals surface area (Å²) in [5.41, 5.74) is 1.94. The van der Waals surface area contributed by atoms with Crippen molar-refractivity contribution in [2.75, 3.05) is 18.5 Å². The fourth-order valence-electron chi connectivity index (χ4n) is 3.44. The lowest BCUT2D eigenvalue weighted by molar-refractivity contribution is 0.0526. The molecule has 0 atom stereocenters. The van der Waals surface area contributed by atoms with Gasteiger partial charge in [0.05, 0.1) is 24.3 Å². The zero-order valence-electron chi connectivity index (χ0n) is 18.4. The van der Waals surface area contributed by atoms with Crippen LogP contribution in [0.2, 0.25) is 0 Å². The third-order valence-electron chi connectivity index (χ3n) is 4.86. The predicted molar refractivity (Wildman–Crippen MR) is 135 cm³/mol. The van der Waals surface area contributed by atoms with Crippen LogP contribution in [0.15, 0.2) is 22.7 Å². The molecule has 1 heterocycles. The standard InChI is InChI=1S/C23H27BrN2O4S2/c1-4-29-22(28)19-15-7-5-6-8-18(15)32-21(19)26-23(31)25-20(27)16-11-14(24)9-10-17(16)30-12-13(2)3/h9-11,13H,4-8,12H2,1-3H3,(H2,25,26,27,31). The largest absolute Gasteiger partial charge is 0.492 e. The van der Waals surface area contributed by atoms with E-state index in [1.54, 1.807) is 19.1 Å². The highest BCUT2D eigenvalue weighted by Gasteiger charge is 2.27. The van der Waals surface area contributed by atoms with Gasteiger partial charge in [-0.15, -0.1) is 11.3 Å². The topological polar surface area (TPSA) is 76.7 Å². The van der Waals surface area contributed by atoms with Crippen LogP contribution in [0.3, 0.4) is 0 Å². The molecule has 1 aliphatic carbocycles. The van der Waals surface area contributed by atoms with E-state index in [0.717, 1.165) is 35.7 Å². The number of thiocarbonyl (C=S) groups is 1. The van der Waals surface area contributed by atoms with Crippen molar-refractivity contribution in [3.8, 4) is 5.75 Å². The van der Waals surface area contributed by atoms with Gasteiger partial charge in [-0.2, -0.15) is 0 Å². The van der Waals surface area contributed by atoms with E-state index >= 15 is 0 Å². The Kier molecular flexibility index (Phi) is 8.67. The zero-order chi connectivity index (χ0) is 23.3. The molecule has 0 saturated heterocycles. The number of esters is 1. The lowest BCUT2D eigenvalue weighted by Crippen LogP contribution is -2.34. The summed E-state index contributed by atoms with van der Waals surface area (Å²) in [5.74, 6) is 0.0610. The Morgan fingerprint density at radius 1 is 1.25 bits per heavy atom. The van der Waals surface area contributed by atoms with Crippen molar-refractivity contribution in [3.63, 3.8) is 0 Å². The van der Waals surface area contributed by atoms with Crippen molar-refractivity contribution in [1.82, 2.24) is 5.32 Å². The molecule has 2 aromatic rings. The van der Waals surface area contributed by atoms with Crippen LogP contribution >= 0.6 is 39.5 Å².